The van der Waals surface area contributed by atoms with E-state index in [-0.39, 0.29) is 0 Å². The summed E-state index contributed by atoms with van der Waals surface area (Å²) in [4.78, 5) is 1.32. The fourth-order valence-electron chi connectivity index (χ4n) is 1.50. The molecule has 0 aliphatic carbocycles. The Hall–Kier alpha value is 0.01000. The minimum Gasteiger partial charge on any atom is -0.377 e. The zero-order valence-electron chi connectivity index (χ0n) is 7.91. The fourth-order valence-corrected chi connectivity index (χ4v) is 2.73. The topological polar surface area (TPSA) is 9.23 Å². The molecule has 1 aromatic rings. The van der Waals surface area contributed by atoms with E-state index in [9.17, 15) is 0 Å². The molecule has 0 bridgehead atoms. The van der Waals surface area contributed by atoms with Gasteiger partial charge in [0.05, 0.1) is 6.10 Å². The van der Waals surface area contributed by atoms with E-state index in [1.54, 1.807) is 0 Å². The van der Waals surface area contributed by atoms with Crippen molar-refractivity contribution in [1.82, 2.24) is 0 Å². The second-order valence-electron chi connectivity index (χ2n) is 3.40. The zero-order chi connectivity index (χ0) is 9.80. The normalized spacial score (nSPS) is 21.4. The standard InChI is InChI=1S/C11H13BrOS/c12-9-3-5-11(6-4-9)14-8-10-2-1-7-13-10/h3-6,10H,1-2,7-8H2/t10-/m1/s1. The molecule has 0 unspecified atom stereocenters. The quantitative estimate of drug-likeness (QED) is 0.776. The molecule has 2 rings (SSSR count). The Morgan fingerprint density at radius 1 is 1.36 bits per heavy atom. The van der Waals surface area contributed by atoms with Crippen LogP contribution in [0.4, 0.5) is 0 Å². The van der Waals surface area contributed by atoms with Crippen molar-refractivity contribution in [2.45, 2.75) is 23.8 Å². The van der Waals surface area contributed by atoms with Gasteiger partial charge in [0.15, 0.2) is 0 Å². The summed E-state index contributed by atoms with van der Waals surface area (Å²) in [6.07, 6.45) is 2.93. The molecule has 1 atom stereocenters. The summed E-state index contributed by atoms with van der Waals surface area (Å²) in [7, 11) is 0. The van der Waals surface area contributed by atoms with Gasteiger partial charge < -0.3 is 4.74 Å². The maximum Gasteiger partial charge on any atom is 0.0669 e. The average molecular weight is 273 g/mol. The van der Waals surface area contributed by atoms with Crippen LogP contribution in [0.25, 0.3) is 0 Å². The van der Waals surface area contributed by atoms with Gasteiger partial charge >= 0.3 is 0 Å². The average Bonchev–Trinajstić information content (AvgIpc) is 2.70. The van der Waals surface area contributed by atoms with E-state index in [0.29, 0.717) is 6.10 Å². The van der Waals surface area contributed by atoms with Crippen LogP contribution in [0.3, 0.4) is 0 Å². The number of rotatable bonds is 3. The highest BCUT2D eigenvalue weighted by Gasteiger charge is 2.15. The molecular formula is C11H13BrOS. The first-order chi connectivity index (χ1) is 6.84. The van der Waals surface area contributed by atoms with Crippen molar-refractivity contribution in [3.8, 4) is 0 Å². The van der Waals surface area contributed by atoms with Crippen LogP contribution in [0.5, 0.6) is 0 Å². The Morgan fingerprint density at radius 3 is 2.79 bits per heavy atom. The molecule has 0 spiro atoms. The van der Waals surface area contributed by atoms with E-state index < -0.39 is 0 Å². The minimum absolute atomic E-state index is 0.476. The van der Waals surface area contributed by atoms with Crippen molar-refractivity contribution < 1.29 is 4.74 Å². The Balaban J connectivity index is 1.82. The third-order valence-electron chi connectivity index (χ3n) is 2.27. The summed E-state index contributed by atoms with van der Waals surface area (Å²) in [5, 5.41) is 0. The molecule has 76 valence electrons. The zero-order valence-corrected chi connectivity index (χ0v) is 10.3. The van der Waals surface area contributed by atoms with Gasteiger partial charge in [-0.2, -0.15) is 0 Å². The Kier molecular flexibility index (Phi) is 3.90. The van der Waals surface area contributed by atoms with E-state index in [4.69, 9.17) is 4.74 Å². The smallest absolute Gasteiger partial charge is 0.0669 e. The lowest BCUT2D eigenvalue weighted by Crippen LogP contribution is -2.07. The molecule has 0 N–H and O–H groups in total. The van der Waals surface area contributed by atoms with E-state index in [1.807, 2.05) is 11.8 Å². The number of halogens is 1. The van der Waals surface area contributed by atoms with Crippen LogP contribution in [0.2, 0.25) is 0 Å². The number of hydrogen-bond acceptors (Lipinski definition) is 2. The summed E-state index contributed by atoms with van der Waals surface area (Å²) in [6.45, 7) is 0.950. The summed E-state index contributed by atoms with van der Waals surface area (Å²) in [5.74, 6) is 1.08. The van der Waals surface area contributed by atoms with Crippen molar-refractivity contribution in [2.75, 3.05) is 12.4 Å². The van der Waals surface area contributed by atoms with Gasteiger partial charge in [-0.1, -0.05) is 15.9 Å². The van der Waals surface area contributed by atoms with Crippen LogP contribution in [0.15, 0.2) is 33.6 Å². The van der Waals surface area contributed by atoms with Gasteiger partial charge in [-0.25, -0.2) is 0 Å². The summed E-state index contributed by atoms with van der Waals surface area (Å²) in [5.41, 5.74) is 0. The van der Waals surface area contributed by atoms with Crippen molar-refractivity contribution in [2.24, 2.45) is 0 Å². The number of hydrogen-bond donors (Lipinski definition) is 0. The molecular weight excluding hydrogens is 260 g/mol. The van der Waals surface area contributed by atoms with Crippen LogP contribution in [-0.4, -0.2) is 18.5 Å². The molecule has 0 saturated carbocycles. The first-order valence-corrected chi connectivity index (χ1v) is 6.62. The lowest BCUT2D eigenvalue weighted by atomic mass is 10.3. The van der Waals surface area contributed by atoms with Crippen LogP contribution in [-0.2, 0) is 4.74 Å². The molecule has 3 heteroatoms. The summed E-state index contributed by atoms with van der Waals surface area (Å²) in [6, 6.07) is 8.45. The highest BCUT2D eigenvalue weighted by atomic mass is 79.9. The molecule has 1 aliphatic rings. The third kappa shape index (κ3) is 3.01. The summed E-state index contributed by atoms with van der Waals surface area (Å²) < 4.78 is 6.71. The van der Waals surface area contributed by atoms with Crippen molar-refractivity contribution in [3.63, 3.8) is 0 Å². The molecule has 1 aromatic carbocycles. The third-order valence-corrected chi connectivity index (χ3v) is 3.95. The van der Waals surface area contributed by atoms with Crippen LogP contribution < -0.4 is 0 Å². The molecule has 1 aliphatic heterocycles. The SMILES string of the molecule is Brc1ccc(SC[C@H]2CCCO2)cc1. The highest BCUT2D eigenvalue weighted by molar-refractivity contribution is 9.10. The predicted molar refractivity (Wildman–Crippen MR) is 63.8 cm³/mol. The minimum atomic E-state index is 0.476. The predicted octanol–water partition coefficient (Wildman–Crippen LogP) is 3.72. The van der Waals surface area contributed by atoms with Gasteiger partial charge in [-0.15, -0.1) is 11.8 Å². The Bertz CT molecular complexity index is 280. The van der Waals surface area contributed by atoms with Crippen molar-refractivity contribution in [3.05, 3.63) is 28.7 Å². The van der Waals surface area contributed by atoms with Gasteiger partial charge in [-0.3, -0.25) is 0 Å². The molecule has 0 amide bonds. The van der Waals surface area contributed by atoms with Gasteiger partial charge in [0.2, 0.25) is 0 Å². The van der Waals surface area contributed by atoms with E-state index in [2.05, 4.69) is 40.2 Å². The molecule has 0 radical (unpaired) electrons. The van der Waals surface area contributed by atoms with Crippen molar-refractivity contribution in [1.29, 1.82) is 0 Å². The van der Waals surface area contributed by atoms with Gasteiger partial charge in [0.25, 0.3) is 0 Å². The maximum atomic E-state index is 5.57. The monoisotopic (exact) mass is 272 g/mol. The highest BCUT2D eigenvalue weighted by Crippen LogP contribution is 2.24. The van der Waals surface area contributed by atoms with Crippen molar-refractivity contribution >= 4 is 27.7 Å². The van der Waals surface area contributed by atoms with E-state index in [0.717, 1.165) is 16.8 Å². The number of benzene rings is 1. The van der Waals surface area contributed by atoms with Crippen LogP contribution in [0, 0.1) is 0 Å². The summed E-state index contributed by atoms with van der Waals surface area (Å²) >= 11 is 5.31. The van der Waals surface area contributed by atoms with E-state index >= 15 is 0 Å². The first-order valence-electron chi connectivity index (χ1n) is 4.84. The largest absolute Gasteiger partial charge is 0.377 e. The first kappa shape index (κ1) is 10.5. The lowest BCUT2D eigenvalue weighted by Gasteiger charge is -2.08. The second kappa shape index (κ2) is 5.19. The van der Waals surface area contributed by atoms with Gasteiger partial charge in [0, 0.05) is 21.7 Å². The Morgan fingerprint density at radius 2 is 2.14 bits per heavy atom. The van der Waals surface area contributed by atoms with Crippen LogP contribution >= 0.6 is 27.7 Å². The molecule has 1 saturated heterocycles. The molecule has 1 heterocycles. The second-order valence-corrected chi connectivity index (χ2v) is 5.41. The van der Waals surface area contributed by atoms with Crippen LogP contribution in [0.1, 0.15) is 12.8 Å². The molecule has 1 nitrogen and oxygen atoms in total. The maximum absolute atomic E-state index is 5.57. The molecule has 0 aromatic heterocycles. The number of thioether (sulfide) groups is 1. The molecule has 14 heavy (non-hydrogen) atoms. The van der Waals surface area contributed by atoms with Gasteiger partial charge in [0.1, 0.15) is 0 Å². The number of ether oxygens (including phenoxy) is 1. The lowest BCUT2D eigenvalue weighted by molar-refractivity contribution is 0.129. The van der Waals surface area contributed by atoms with Gasteiger partial charge in [-0.05, 0) is 37.1 Å². The van der Waals surface area contributed by atoms with E-state index in [1.165, 1.54) is 17.7 Å². The molecule has 1 fully saturated rings. The fraction of sp³-hybridized carbons (Fsp3) is 0.455. The Labute approximate surface area is 97.4 Å².